The van der Waals surface area contributed by atoms with Crippen LogP contribution >= 0.6 is 34.8 Å². The fraction of sp³-hybridized carbons (Fsp3) is 0.0455. The molecule has 150 valence electrons. The van der Waals surface area contributed by atoms with Gasteiger partial charge in [-0.25, -0.2) is 5.43 Å². The minimum absolute atomic E-state index is 0.00805. The van der Waals surface area contributed by atoms with Crippen molar-refractivity contribution in [1.82, 2.24) is 9.89 Å². The summed E-state index contributed by atoms with van der Waals surface area (Å²) in [4.78, 5) is 26.4. The van der Waals surface area contributed by atoms with E-state index in [0.717, 1.165) is 10.4 Å². The van der Waals surface area contributed by atoms with E-state index in [1.165, 1.54) is 0 Å². The Morgan fingerprint density at radius 3 is 2.30 bits per heavy atom. The van der Waals surface area contributed by atoms with Gasteiger partial charge in [0.15, 0.2) is 0 Å². The zero-order chi connectivity index (χ0) is 21.3. The number of hydrogen-bond donors (Lipinski definition) is 1. The first-order valence-electron chi connectivity index (χ1n) is 8.94. The van der Waals surface area contributed by atoms with E-state index in [9.17, 15) is 9.59 Å². The second-order valence-electron chi connectivity index (χ2n) is 6.58. The smallest absolute Gasteiger partial charge is 0.273 e. The highest BCUT2D eigenvalue weighted by Gasteiger charge is 2.14. The molecule has 0 bridgehead atoms. The van der Waals surface area contributed by atoms with E-state index in [1.807, 2.05) is 24.3 Å². The van der Waals surface area contributed by atoms with E-state index in [0.29, 0.717) is 37.1 Å². The van der Waals surface area contributed by atoms with E-state index in [1.54, 1.807) is 42.5 Å². The first kappa shape index (κ1) is 20.4. The lowest BCUT2D eigenvalue weighted by molar-refractivity contribution is -0.116. The van der Waals surface area contributed by atoms with Crippen molar-refractivity contribution in [3.8, 4) is 11.3 Å². The van der Waals surface area contributed by atoms with Crippen LogP contribution in [0.3, 0.4) is 0 Å². The molecule has 3 aromatic carbocycles. The van der Waals surface area contributed by atoms with Gasteiger partial charge in [-0.1, -0.05) is 71.2 Å². The molecule has 0 fully saturated rings. The lowest BCUT2D eigenvalue weighted by atomic mass is 10.1. The van der Waals surface area contributed by atoms with Gasteiger partial charge in [-0.05, 0) is 35.9 Å². The summed E-state index contributed by atoms with van der Waals surface area (Å²) in [5.41, 5.74) is 4.11. The maximum Gasteiger partial charge on any atom is 0.294 e. The number of carbonyl (C=O) groups excluding carboxylic acids is 1. The molecule has 0 spiro atoms. The molecule has 0 aliphatic heterocycles. The van der Waals surface area contributed by atoms with Gasteiger partial charge in [-0.15, -0.1) is 9.89 Å². The van der Waals surface area contributed by atoms with Gasteiger partial charge in [-0.3, -0.25) is 9.59 Å². The first-order chi connectivity index (χ1) is 14.4. The Hall–Kier alpha value is -2.86. The molecule has 1 heterocycles. The largest absolute Gasteiger partial charge is 0.294 e. The van der Waals surface area contributed by atoms with Crippen LogP contribution in [-0.4, -0.2) is 15.8 Å². The predicted molar refractivity (Wildman–Crippen MR) is 121 cm³/mol. The Kier molecular flexibility index (Phi) is 5.77. The van der Waals surface area contributed by atoms with Gasteiger partial charge in [0.1, 0.15) is 5.69 Å². The summed E-state index contributed by atoms with van der Waals surface area (Å²) >= 11 is 17.9. The highest BCUT2D eigenvalue weighted by molar-refractivity contribution is 6.42. The van der Waals surface area contributed by atoms with Crippen LogP contribution < -0.4 is 11.0 Å². The average molecular weight is 459 g/mol. The Morgan fingerprint density at radius 1 is 0.900 bits per heavy atom. The number of amides is 1. The second-order valence-corrected chi connectivity index (χ2v) is 7.83. The third-order valence-electron chi connectivity index (χ3n) is 4.50. The molecule has 0 unspecified atom stereocenters. The van der Waals surface area contributed by atoms with Crippen molar-refractivity contribution in [3.05, 3.63) is 97.7 Å². The highest BCUT2D eigenvalue weighted by Crippen LogP contribution is 2.26. The van der Waals surface area contributed by atoms with Gasteiger partial charge >= 0.3 is 0 Å². The maximum absolute atomic E-state index is 12.9. The van der Waals surface area contributed by atoms with Crippen LogP contribution in [0.25, 0.3) is 22.0 Å². The predicted octanol–water partition coefficient (Wildman–Crippen LogP) is 5.34. The van der Waals surface area contributed by atoms with Crippen LogP contribution in [0.2, 0.25) is 15.1 Å². The van der Waals surface area contributed by atoms with E-state index in [2.05, 4.69) is 10.5 Å². The molecule has 0 atom stereocenters. The Morgan fingerprint density at radius 2 is 1.60 bits per heavy atom. The molecule has 1 N–H and O–H groups in total. The van der Waals surface area contributed by atoms with Crippen molar-refractivity contribution in [1.29, 1.82) is 0 Å². The number of hydrogen-bond acceptors (Lipinski definition) is 3. The topological polar surface area (TPSA) is 64.0 Å². The van der Waals surface area contributed by atoms with Gasteiger partial charge < -0.3 is 0 Å². The SMILES string of the molecule is O=C(Cc1ccc(Cl)c(Cl)c1)Nn1nc(-c2ccc(Cl)cc2)c2ccccc2c1=O. The summed E-state index contributed by atoms with van der Waals surface area (Å²) in [6.45, 7) is 0. The van der Waals surface area contributed by atoms with E-state index >= 15 is 0 Å². The number of fused-ring (bicyclic) bond motifs is 1. The minimum Gasteiger partial charge on any atom is -0.273 e. The molecule has 30 heavy (non-hydrogen) atoms. The molecule has 1 aromatic heterocycles. The van der Waals surface area contributed by atoms with Gasteiger partial charge in [0.05, 0.1) is 21.9 Å². The molecule has 0 radical (unpaired) electrons. The number of halogens is 3. The van der Waals surface area contributed by atoms with Gasteiger partial charge in [-0.2, -0.15) is 0 Å². The van der Waals surface area contributed by atoms with E-state index in [4.69, 9.17) is 34.8 Å². The van der Waals surface area contributed by atoms with Crippen LogP contribution in [0.15, 0.2) is 71.5 Å². The maximum atomic E-state index is 12.9. The molecule has 0 saturated heterocycles. The quantitative estimate of drug-likeness (QED) is 0.449. The molecule has 5 nitrogen and oxygen atoms in total. The van der Waals surface area contributed by atoms with Crippen LogP contribution in [-0.2, 0) is 11.2 Å². The van der Waals surface area contributed by atoms with Crippen LogP contribution in [0, 0.1) is 0 Å². The van der Waals surface area contributed by atoms with Crippen LogP contribution in [0.5, 0.6) is 0 Å². The standard InChI is InChI=1S/C22H14Cl3N3O2/c23-15-8-6-14(7-9-15)21-16-3-1-2-4-17(16)22(30)28(27-21)26-20(29)12-13-5-10-18(24)19(25)11-13/h1-11H,12H2,(H,26,29). The molecule has 0 aliphatic carbocycles. The number of carbonyl (C=O) groups is 1. The first-order valence-corrected chi connectivity index (χ1v) is 10.1. The molecular formula is C22H14Cl3N3O2. The summed E-state index contributed by atoms with van der Waals surface area (Å²) in [6.07, 6.45) is 0.00805. The lowest BCUT2D eigenvalue weighted by Gasteiger charge is -2.12. The molecule has 4 aromatic rings. The number of nitrogens with zero attached hydrogens (tertiary/aromatic N) is 2. The fourth-order valence-electron chi connectivity index (χ4n) is 3.08. The summed E-state index contributed by atoms with van der Waals surface area (Å²) in [6, 6.07) is 19.1. The molecule has 1 amide bonds. The molecule has 0 saturated carbocycles. The average Bonchev–Trinajstić information content (AvgIpc) is 2.73. The fourth-order valence-corrected chi connectivity index (χ4v) is 3.53. The Labute approximate surface area is 186 Å². The van der Waals surface area contributed by atoms with Gasteiger partial charge in [0.2, 0.25) is 5.91 Å². The number of nitrogens with one attached hydrogen (secondary N) is 1. The number of benzene rings is 3. The zero-order valence-electron chi connectivity index (χ0n) is 15.4. The van der Waals surface area contributed by atoms with E-state index in [-0.39, 0.29) is 6.42 Å². The lowest BCUT2D eigenvalue weighted by Crippen LogP contribution is -2.36. The highest BCUT2D eigenvalue weighted by atomic mass is 35.5. The van der Waals surface area contributed by atoms with Crippen molar-refractivity contribution in [2.24, 2.45) is 0 Å². The van der Waals surface area contributed by atoms with Gasteiger partial charge in [0.25, 0.3) is 5.56 Å². The molecule has 8 heteroatoms. The van der Waals surface area contributed by atoms with Crippen molar-refractivity contribution < 1.29 is 4.79 Å². The van der Waals surface area contributed by atoms with Crippen LogP contribution in [0.4, 0.5) is 0 Å². The number of rotatable bonds is 4. The Balaban J connectivity index is 1.72. The van der Waals surface area contributed by atoms with Crippen molar-refractivity contribution in [2.45, 2.75) is 6.42 Å². The minimum atomic E-state index is -0.425. The van der Waals surface area contributed by atoms with Crippen molar-refractivity contribution in [3.63, 3.8) is 0 Å². The molecular weight excluding hydrogens is 445 g/mol. The second kappa shape index (κ2) is 8.48. The summed E-state index contributed by atoms with van der Waals surface area (Å²) in [5.74, 6) is -0.416. The summed E-state index contributed by atoms with van der Waals surface area (Å²) in [5, 5.41) is 6.86. The third-order valence-corrected chi connectivity index (χ3v) is 5.49. The zero-order valence-corrected chi connectivity index (χ0v) is 17.7. The van der Waals surface area contributed by atoms with E-state index < -0.39 is 11.5 Å². The van der Waals surface area contributed by atoms with Gasteiger partial charge in [0, 0.05) is 16.0 Å². The molecule has 4 rings (SSSR count). The Bertz CT molecular complexity index is 1320. The third kappa shape index (κ3) is 4.19. The summed E-state index contributed by atoms with van der Waals surface area (Å²) in [7, 11) is 0. The summed E-state index contributed by atoms with van der Waals surface area (Å²) < 4.78 is 0. The van der Waals surface area contributed by atoms with Crippen molar-refractivity contribution >= 4 is 51.5 Å². The normalized spacial score (nSPS) is 10.9. The van der Waals surface area contributed by atoms with Crippen molar-refractivity contribution in [2.75, 3.05) is 5.43 Å². The van der Waals surface area contributed by atoms with Crippen LogP contribution in [0.1, 0.15) is 5.56 Å². The molecule has 0 aliphatic rings. The monoisotopic (exact) mass is 457 g/mol. The number of aromatic nitrogens is 2.